The van der Waals surface area contributed by atoms with Crippen LogP contribution in [0.2, 0.25) is 10.0 Å². The van der Waals surface area contributed by atoms with E-state index in [1.165, 1.54) is 42.6 Å². The van der Waals surface area contributed by atoms with E-state index in [2.05, 4.69) is 4.99 Å². The zero-order valence-corrected chi connectivity index (χ0v) is 10.6. The van der Waals surface area contributed by atoms with Crippen LogP contribution in [0.25, 0.3) is 0 Å². The molecule has 0 unspecified atom stereocenters. The highest BCUT2D eigenvalue weighted by molar-refractivity contribution is 6.36. The molecule has 0 fully saturated rings. The van der Waals surface area contributed by atoms with Gasteiger partial charge in [-0.2, -0.15) is 0 Å². The van der Waals surface area contributed by atoms with Gasteiger partial charge in [-0.1, -0.05) is 23.2 Å². The Hall–Kier alpha value is -1.58. The number of aromatic hydroxyl groups is 1. The van der Waals surface area contributed by atoms with Crippen molar-refractivity contribution in [2.45, 2.75) is 0 Å². The molecule has 2 aromatic carbocycles. The Bertz CT molecular complexity index is 597. The fourth-order valence-corrected chi connectivity index (χ4v) is 1.86. The lowest BCUT2D eigenvalue weighted by molar-refractivity contribution is 0.475. The molecule has 0 saturated heterocycles. The van der Waals surface area contributed by atoms with Gasteiger partial charge in [0.05, 0.1) is 10.7 Å². The third-order valence-electron chi connectivity index (χ3n) is 2.24. The molecule has 0 saturated carbocycles. The van der Waals surface area contributed by atoms with Crippen LogP contribution in [0.1, 0.15) is 5.56 Å². The Balaban J connectivity index is 2.31. The van der Waals surface area contributed by atoms with Crippen molar-refractivity contribution >= 4 is 35.1 Å². The van der Waals surface area contributed by atoms with Crippen molar-refractivity contribution in [1.29, 1.82) is 0 Å². The zero-order valence-electron chi connectivity index (χ0n) is 9.07. The van der Waals surface area contributed by atoms with E-state index in [9.17, 15) is 9.50 Å². The van der Waals surface area contributed by atoms with Crippen molar-refractivity contribution in [1.82, 2.24) is 0 Å². The van der Waals surface area contributed by atoms with Crippen molar-refractivity contribution in [3.8, 4) is 5.75 Å². The van der Waals surface area contributed by atoms with Crippen LogP contribution in [0.3, 0.4) is 0 Å². The van der Waals surface area contributed by atoms with E-state index in [1.54, 1.807) is 0 Å². The Morgan fingerprint density at radius 3 is 2.44 bits per heavy atom. The van der Waals surface area contributed by atoms with E-state index in [1.807, 2.05) is 0 Å². The maximum Gasteiger partial charge on any atom is 0.143 e. The molecule has 0 amide bonds. The summed E-state index contributed by atoms with van der Waals surface area (Å²) in [4.78, 5) is 4.09. The highest BCUT2D eigenvalue weighted by Crippen LogP contribution is 2.30. The molecule has 0 bridgehead atoms. The largest absolute Gasteiger partial charge is 0.506 e. The Kier molecular flexibility index (Phi) is 3.84. The van der Waals surface area contributed by atoms with E-state index in [4.69, 9.17) is 23.2 Å². The average molecular weight is 284 g/mol. The van der Waals surface area contributed by atoms with E-state index >= 15 is 0 Å². The number of phenols is 1. The first-order valence-electron chi connectivity index (χ1n) is 5.04. The molecule has 0 aliphatic heterocycles. The molecule has 0 aliphatic carbocycles. The fourth-order valence-electron chi connectivity index (χ4n) is 1.36. The second-order valence-electron chi connectivity index (χ2n) is 3.56. The van der Waals surface area contributed by atoms with Crippen molar-refractivity contribution in [2.75, 3.05) is 0 Å². The van der Waals surface area contributed by atoms with Crippen LogP contribution in [-0.4, -0.2) is 11.3 Å². The smallest absolute Gasteiger partial charge is 0.143 e. The Morgan fingerprint density at radius 2 is 1.78 bits per heavy atom. The predicted molar refractivity (Wildman–Crippen MR) is 71.8 cm³/mol. The molecule has 2 nitrogen and oxygen atoms in total. The van der Waals surface area contributed by atoms with E-state index in [0.717, 1.165) is 0 Å². The lowest BCUT2D eigenvalue weighted by atomic mass is 10.2. The summed E-state index contributed by atoms with van der Waals surface area (Å²) in [5.41, 5.74) is 0.962. The van der Waals surface area contributed by atoms with Crippen LogP contribution in [0.4, 0.5) is 10.1 Å². The summed E-state index contributed by atoms with van der Waals surface area (Å²) in [7, 11) is 0. The minimum absolute atomic E-state index is 0.0908. The first kappa shape index (κ1) is 12.9. The summed E-state index contributed by atoms with van der Waals surface area (Å²) < 4.78 is 12.7. The second-order valence-corrected chi connectivity index (χ2v) is 4.40. The molecule has 0 heterocycles. The molecule has 2 aromatic rings. The van der Waals surface area contributed by atoms with Gasteiger partial charge in [0.15, 0.2) is 0 Å². The molecule has 0 atom stereocenters. The van der Waals surface area contributed by atoms with Gasteiger partial charge in [-0.05, 0) is 36.4 Å². The number of hydrogen-bond donors (Lipinski definition) is 1. The molecule has 1 N–H and O–H groups in total. The maximum atomic E-state index is 12.7. The zero-order chi connectivity index (χ0) is 13.1. The normalized spacial score (nSPS) is 11.1. The van der Waals surface area contributed by atoms with Gasteiger partial charge >= 0.3 is 0 Å². The van der Waals surface area contributed by atoms with Gasteiger partial charge in [0.1, 0.15) is 11.6 Å². The lowest BCUT2D eigenvalue weighted by Crippen LogP contribution is -1.84. The van der Waals surface area contributed by atoms with Gasteiger partial charge in [0, 0.05) is 16.8 Å². The van der Waals surface area contributed by atoms with Crippen molar-refractivity contribution in [3.05, 3.63) is 57.8 Å². The molecule has 0 aliphatic rings. The second kappa shape index (κ2) is 5.38. The van der Waals surface area contributed by atoms with Crippen molar-refractivity contribution < 1.29 is 9.50 Å². The SMILES string of the molecule is Oc1c(Cl)cc(Cl)cc1/C=N/c1ccc(F)cc1. The summed E-state index contributed by atoms with van der Waals surface area (Å²) in [6.07, 6.45) is 1.42. The highest BCUT2D eigenvalue weighted by atomic mass is 35.5. The standard InChI is InChI=1S/C13H8Cl2FNO/c14-9-5-8(13(18)12(15)6-9)7-17-11-3-1-10(16)2-4-11/h1-7,18H/b17-7+. The molecular weight excluding hydrogens is 276 g/mol. The topological polar surface area (TPSA) is 32.6 Å². The number of benzene rings is 2. The number of phenolic OH excluding ortho intramolecular Hbond substituents is 1. The molecular formula is C13H8Cl2FNO. The van der Waals surface area contributed by atoms with E-state index in [0.29, 0.717) is 16.3 Å². The summed E-state index contributed by atoms with van der Waals surface area (Å²) in [6, 6.07) is 8.63. The summed E-state index contributed by atoms with van der Waals surface area (Å²) in [6.45, 7) is 0. The number of rotatable bonds is 2. The molecule has 5 heteroatoms. The van der Waals surface area contributed by atoms with Gasteiger partial charge in [-0.3, -0.25) is 4.99 Å². The van der Waals surface area contributed by atoms with Crippen LogP contribution in [0, 0.1) is 5.82 Å². The fraction of sp³-hybridized carbons (Fsp3) is 0. The third-order valence-corrected chi connectivity index (χ3v) is 2.74. The van der Waals surface area contributed by atoms with Crippen LogP contribution in [0.5, 0.6) is 5.75 Å². The van der Waals surface area contributed by atoms with Gasteiger partial charge in [-0.15, -0.1) is 0 Å². The molecule has 2 rings (SSSR count). The number of aliphatic imine (C=N–C) groups is 1. The third kappa shape index (κ3) is 3.00. The Morgan fingerprint density at radius 1 is 1.11 bits per heavy atom. The number of nitrogens with zero attached hydrogens (tertiary/aromatic N) is 1. The summed E-state index contributed by atoms with van der Waals surface area (Å²) in [5.74, 6) is -0.422. The molecule has 0 spiro atoms. The van der Waals surface area contributed by atoms with Gasteiger partial charge in [0.25, 0.3) is 0 Å². The minimum atomic E-state index is -0.331. The summed E-state index contributed by atoms with van der Waals surface area (Å²) in [5, 5.41) is 10.3. The maximum absolute atomic E-state index is 12.7. The molecule has 0 aromatic heterocycles. The van der Waals surface area contributed by atoms with E-state index < -0.39 is 0 Å². The minimum Gasteiger partial charge on any atom is -0.506 e. The predicted octanol–water partition coefficient (Wildman–Crippen LogP) is 4.59. The van der Waals surface area contributed by atoms with E-state index in [-0.39, 0.29) is 16.6 Å². The first-order chi connectivity index (χ1) is 8.56. The van der Waals surface area contributed by atoms with Crippen LogP contribution in [0.15, 0.2) is 41.4 Å². The van der Waals surface area contributed by atoms with Crippen LogP contribution in [-0.2, 0) is 0 Å². The average Bonchev–Trinajstić information content (AvgIpc) is 2.34. The monoisotopic (exact) mass is 283 g/mol. The molecule has 92 valence electrons. The van der Waals surface area contributed by atoms with Crippen molar-refractivity contribution in [3.63, 3.8) is 0 Å². The first-order valence-corrected chi connectivity index (χ1v) is 5.79. The van der Waals surface area contributed by atoms with Crippen molar-refractivity contribution in [2.24, 2.45) is 4.99 Å². The summed E-state index contributed by atoms with van der Waals surface area (Å²) >= 11 is 11.6. The Labute approximate surface area is 113 Å². The van der Waals surface area contributed by atoms with Gasteiger partial charge in [0.2, 0.25) is 0 Å². The quantitative estimate of drug-likeness (QED) is 0.804. The van der Waals surface area contributed by atoms with Gasteiger partial charge in [-0.25, -0.2) is 4.39 Å². The highest BCUT2D eigenvalue weighted by Gasteiger charge is 2.05. The number of halogens is 3. The lowest BCUT2D eigenvalue weighted by Gasteiger charge is -2.02. The molecule has 0 radical (unpaired) electrons. The van der Waals surface area contributed by atoms with Crippen LogP contribution >= 0.6 is 23.2 Å². The van der Waals surface area contributed by atoms with Crippen LogP contribution < -0.4 is 0 Å². The number of hydrogen-bond acceptors (Lipinski definition) is 2. The molecule has 18 heavy (non-hydrogen) atoms. The van der Waals surface area contributed by atoms with Gasteiger partial charge < -0.3 is 5.11 Å².